The molecule has 0 atom stereocenters. The summed E-state index contributed by atoms with van der Waals surface area (Å²) in [4.78, 5) is 30.2. The summed E-state index contributed by atoms with van der Waals surface area (Å²) in [5.74, 6) is 0.221. The monoisotopic (exact) mass is 472 g/mol. The van der Waals surface area contributed by atoms with E-state index in [1.54, 1.807) is 54.6 Å². The Morgan fingerprint density at radius 2 is 1.61 bits per heavy atom. The molecule has 0 saturated carbocycles. The molecule has 0 fully saturated rings. The lowest BCUT2D eigenvalue weighted by atomic mass is 10.0. The van der Waals surface area contributed by atoms with Crippen LogP contribution in [0.4, 0.5) is 5.69 Å². The second-order valence-corrected chi connectivity index (χ2v) is 8.59. The molecular formula is C30H20N2O4. The van der Waals surface area contributed by atoms with E-state index in [1.807, 2.05) is 49.4 Å². The second-order valence-electron chi connectivity index (χ2n) is 8.59. The third-order valence-electron chi connectivity index (χ3n) is 6.02. The summed E-state index contributed by atoms with van der Waals surface area (Å²) in [5, 5.41) is 3.72. The number of aryl methyl sites for hydroxylation is 1. The Balaban J connectivity index is 1.27. The Morgan fingerprint density at radius 1 is 0.778 bits per heavy atom. The second kappa shape index (κ2) is 8.67. The average Bonchev–Trinajstić information content (AvgIpc) is 3.32. The van der Waals surface area contributed by atoms with Gasteiger partial charge in [0.15, 0.2) is 5.58 Å². The van der Waals surface area contributed by atoms with Gasteiger partial charge >= 0.3 is 5.63 Å². The first-order chi connectivity index (χ1) is 17.5. The van der Waals surface area contributed by atoms with Crippen LogP contribution < -0.4 is 10.9 Å². The Morgan fingerprint density at radius 3 is 2.47 bits per heavy atom. The number of oxazole rings is 1. The fourth-order valence-corrected chi connectivity index (χ4v) is 4.12. The highest BCUT2D eigenvalue weighted by Crippen LogP contribution is 2.27. The molecule has 6 rings (SSSR count). The van der Waals surface area contributed by atoms with Crippen LogP contribution in [-0.4, -0.2) is 10.9 Å². The van der Waals surface area contributed by atoms with Crippen molar-refractivity contribution in [3.8, 4) is 22.6 Å². The van der Waals surface area contributed by atoms with Crippen LogP contribution in [0.25, 0.3) is 44.7 Å². The molecule has 1 amide bonds. The number of aromatic nitrogens is 1. The molecule has 2 aromatic heterocycles. The molecule has 0 aliphatic rings. The number of nitrogens with one attached hydrogen (secondary N) is 1. The lowest BCUT2D eigenvalue weighted by Crippen LogP contribution is -2.12. The SMILES string of the molecule is Cc1ccc(-c2nc3cc(NC(=O)c4cccc(-c5cc6ccccc6oc5=O)c4)ccc3o2)cc1. The molecular weight excluding hydrogens is 452 g/mol. The molecule has 2 heterocycles. The molecule has 0 unspecified atom stereocenters. The summed E-state index contributed by atoms with van der Waals surface area (Å²) < 4.78 is 11.3. The largest absolute Gasteiger partial charge is 0.436 e. The number of carbonyl (C=O) groups excluding carboxylic acids is 1. The smallest absolute Gasteiger partial charge is 0.344 e. The van der Waals surface area contributed by atoms with Crippen LogP contribution in [0.2, 0.25) is 0 Å². The predicted molar refractivity (Wildman–Crippen MR) is 140 cm³/mol. The van der Waals surface area contributed by atoms with Crippen LogP contribution in [0.1, 0.15) is 15.9 Å². The number of benzene rings is 4. The van der Waals surface area contributed by atoms with Crippen LogP contribution >= 0.6 is 0 Å². The van der Waals surface area contributed by atoms with Crippen molar-refractivity contribution in [3.63, 3.8) is 0 Å². The molecule has 0 saturated heterocycles. The summed E-state index contributed by atoms with van der Waals surface area (Å²) >= 11 is 0. The summed E-state index contributed by atoms with van der Waals surface area (Å²) in [5.41, 5.74) is 5.41. The normalized spacial score (nSPS) is 11.1. The van der Waals surface area contributed by atoms with Crippen molar-refractivity contribution < 1.29 is 13.6 Å². The molecule has 4 aromatic carbocycles. The average molecular weight is 473 g/mol. The van der Waals surface area contributed by atoms with E-state index in [-0.39, 0.29) is 5.91 Å². The van der Waals surface area contributed by atoms with Gasteiger partial charge < -0.3 is 14.2 Å². The lowest BCUT2D eigenvalue weighted by molar-refractivity contribution is 0.102. The maximum Gasteiger partial charge on any atom is 0.344 e. The highest BCUT2D eigenvalue weighted by atomic mass is 16.4. The van der Waals surface area contributed by atoms with Gasteiger partial charge in [-0.3, -0.25) is 4.79 Å². The summed E-state index contributed by atoms with van der Waals surface area (Å²) in [7, 11) is 0. The molecule has 0 aliphatic heterocycles. The number of nitrogens with zero attached hydrogens (tertiary/aromatic N) is 1. The summed E-state index contributed by atoms with van der Waals surface area (Å²) in [6.07, 6.45) is 0. The van der Waals surface area contributed by atoms with Crippen molar-refractivity contribution in [1.29, 1.82) is 0 Å². The topological polar surface area (TPSA) is 85.3 Å². The van der Waals surface area contributed by atoms with Crippen molar-refractivity contribution in [2.24, 2.45) is 0 Å². The molecule has 174 valence electrons. The lowest BCUT2D eigenvalue weighted by Gasteiger charge is -2.07. The van der Waals surface area contributed by atoms with Gasteiger partial charge in [-0.15, -0.1) is 0 Å². The first-order valence-corrected chi connectivity index (χ1v) is 11.5. The number of anilines is 1. The van der Waals surface area contributed by atoms with Gasteiger partial charge in [-0.25, -0.2) is 9.78 Å². The van der Waals surface area contributed by atoms with Crippen molar-refractivity contribution in [2.45, 2.75) is 6.92 Å². The number of carbonyl (C=O) groups is 1. The molecule has 6 aromatic rings. The molecule has 6 nitrogen and oxygen atoms in total. The van der Waals surface area contributed by atoms with Gasteiger partial charge in [0.25, 0.3) is 5.91 Å². The third kappa shape index (κ3) is 4.05. The maximum absolute atomic E-state index is 13.0. The van der Waals surface area contributed by atoms with Gasteiger partial charge in [-0.05, 0) is 67.1 Å². The van der Waals surface area contributed by atoms with Crippen LogP contribution in [0.5, 0.6) is 0 Å². The quantitative estimate of drug-likeness (QED) is 0.284. The number of para-hydroxylation sites is 1. The third-order valence-corrected chi connectivity index (χ3v) is 6.02. The summed E-state index contributed by atoms with van der Waals surface area (Å²) in [6, 6.07) is 29.3. The van der Waals surface area contributed by atoms with Crippen LogP contribution in [0.15, 0.2) is 111 Å². The van der Waals surface area contributed by atoms with E-state index in [0.29, 0.717) is 45.0 Å². The minimum absolute atomic E-state index is 0.302. The van der Waals surface area contributed by atoms with E-state index < -0.39 is 5.63 Å². The fourth-order valence-electron chi connectivity index (χ4n) is 4.12. The fraction of sp³-hybridized carbons (Fsp3) is 0.0333. The van der Waals surface area contributed by atoms with Gasteiger partial charge in [0, 0.05) is 22.2 Å². The van der Waals surface area contributed by atoms with E-state index in [1.165, 1.54) is 0 Å². The predicted octanol–water partition coefficient (Wildman–Crippen LogP) is 6.83. The van der Waals surface area contributed by atoms with Crippen molar-refractivity contribution >= 4 is 33.7 Å². The number of amides is 1. The van der Waals surface area contributed by atoms with E-state index in [9.17, 15) is 9.59 Å². The highest BCUT2D eigenvalue weighted by molar-refractivity contribution is 6.05. The summed E-state index contributed by atoms with van der Waals surface area (Å²) in [6.45, 7) is 2.03. The molecule has 0 spiro atoms. The van der Waals surface area contributed by atoms with Crippen molar-refractivity contribution in [2.75, 3.05) is 5.32 Å². The standard InChI is InChI=1S/C30H20N2O4/c1-18-9-11-19(12-10-18)29-32-25-17-23(13-14-27(25)35-29)31-28(33)22-7-4-6-20(15-22)24-16-21-5-2-3-8-26(21)36-30(24)34/h2-17H,1H3,(H,31,33). The van der Waals surface area contributed by atoms with Gasteiger partial charge in [-0.2, -0.15) is 0 Å². The molecule has 36 heavy (non-hydrogen) atoms. The van der Waals surface area contributed by atoms with Crippen LogP contribution in [0.3, 0.4) is 0 Å². The van der Waals surface area contributed by atoms with E-state index in [2.05, 4.69) is 10.3 Å². The Kier molecular flexibility index (Phi) is 5.19. The van der Waals surface area contributed by atoms with Gasteiger partial charge in [-0.1, -0.05) is 48.0 Å². The van der Waals surface area contributed by atoms with Gasteiger partial charge in [0.1, 0.15) is 11.1 Å². The Labute approximate surface area is 205 Å². The van der Waals surface area contributed by atoms with E-state index >= 15 is 0 Å². The number of fused-ring (bicyclic) bond motifs is 2. The number of rotatable bonds is 4. The van der Waals surface area contributed by atoms with Crippen LogP contribution in [-0.2, 0) is 0 Å². The Hall–Kier alpha value is -4.97. The Bertz CT molecular complexity index is 1810. The molecule has 0 radical (unpaired) electrons. The molecule has 0 bridgehead atoms. The maximum atomic E-state index is 13.0. The zero-order chi connectivity index (χ0) is 24.6. The molecule has 1 N–H and O–H groups in total. The van der Waals surface area contributed by atoms with E-state index in [4.69, 9.17) is 8.83 Å². The molecule has 6 heteroatoms. The van der Waals surface area contributed by atoms with Gasteiger partial charge in [0.2, 0.25) is 5.89 Å². The minimum Gasteiger partial charge on any atom is -0.436 e. The first kappa shape index (κ1) is 21.6. The number of hydrogen-bond acceptors (Lipinski definition) is 5. The minimum atomic E-state index is -0.452. The zero-order valence-corrected chi connectivity index (χ0v) is 19.3. The highest BCUT2D eigenvalue weighted by Gasteiger charge is 2.13. The first-order valence-electron chi connectivity index (χ1n) is 11.5. The van der Waals surface area contributed by atoms with Crippen molar-refractivity contribution in [3.05, 3.63) is 119 Å². The number of hydrogen-bond donors (Lipinski definition) is 1. The van der Waals surface area contributed by atoms with E-state index in [0.717, 1.165) is 16.5 Å². The van der Waals surface area contributed by atoms with Crippen molar-refractivity contribution in [1.82, 2.24) is 4.98 Å². The zero-order valence-electron chi connectivity index (χ0n) is 19.3. The van der Waals surface area contributed by atoms with Gasteiger partial charge in [0.05, 0.1) is 5.56 Å². The molecule has 0 aliphatic carbocycles. The van der Waals surface area contributed by atoms with Crippen LogP contribution in [0, 0.1) is 6.92 Å².